The van der Waals surface area contributed by atoms with Crippen molar-refractivity contribution in [1.29, 1.82) is 0 Å². The van der Waals surface area contributed by atoms with E-state index in [1.54, 1.807) is 12.1 Å². The van der Waals surface area contributed by atoms with Crippen molar-refractivity contribution < 1.29 is 30.5 Å². The number of imidazole rings is 1. The van der Waals surface area contributed by atoms with Gasteiger partial charge in [0.25, 0.3) is 10.1 Å². The lowest BCUT2D eigenvalue weighted by atomic mass is 9.66. The first-order valence-electron chi connectivity index (χ1n) is 9.66. The highest BCUT2D eigenvalue weighted by molar-refractivity contribution is 7.86. The van der Waals surface area contributed by atoms with Gasteiger partial charge in [-0.15, -0.1) is 0 Å². The van der Waals surface area contributed by atoms with Crippen molar-refractivity contribution in [2.24, 2.45) is 12.5 Å². The first kappa shape index (κ1) is 21.3. The molecule has 3 aliphatic rings. The van der Waals surface area contributed by atoms with Crippen molar-refractivity contribution in [3.63, 3.8) is 0 Å². The van der Waals surface area contributed by atoms with Crippen molar-refractivity contribution in [1.82, 2.24) is 9.55 Å². The van der Waals surface area contributed by atoms with Crippen LogP contribution in [0.3, 0.4) is 0 Å². The van der Waals surface area contributed by atoms with Gasteiger partial charge in [-0.3, -0.25) is 4.18 Å². The molecule has 0 radical (unpaired) electrons. The Morgan fingerprint density at radius 2 is 1.80 bits per heavy atom. The number of nitrogens with zero attached hydrogens (tertiary/aromatic N) is 2. The Labute approximate surface area is 173 Å². The first-order chi connectivity index (χ1) is 13.9. The second-order valence-electron chi connectivity index (χ2n) is 8.37. The van der Waals surface area contributed by atoms with E-state index in [1.807, 2.05) is 6.92 Å². The largest absolute Gasteiger partial charge is 0.434 e. The minimum Gasteiger partial charge on any atom is -0.366 e. The molecule has 1 aliphatic carbocycles. The summed E-state index contributed by atoms with van der Waals surface area (Å²) in [4.78, 5) is 3.91. The molecule has 6 nitrogen and oxygen atoms in total. The van der Waals surface area contributed by atoms with E-state index in [0.717, 1.165) is 11.8 Å². The molecule has 0 atom stereocenters. The van der Waals surface area contributed by atoms with Crippen molar-refractivity contribution in [2.75, 3.05) is 13.2 Å². The molecule has 2 bridgehead atoms. The highest BCUT2D eigenvalue weighted by Crippen LogP contribution is 2.53. The third-order valence-corrected chi connectivity index (χ3v) is 7.45. The van der Waals surface area contributed by atoms with Gasteiger partial charge in [0.05, 0.1) is 18.1 Å². The van der Waals surface area contributed by atoms with Crippen LogP contribution < -0.4 is 0 Å². The zero-order chi connectivity index (χ0) is 21.8. The molecule has 0 N–H and O–H groups in total. The van der Waals surface area contributed by atoms with Crippen LogP contribution >= 0.6 is 0 Å². The van der Waals surface area contributed by atoms with Gasteiger partial charge in [-0.1, -0.05) is 17.7 Å². The SMILES string of the molecule is Cc1ccc(S(=O)(=O)OCC23CCC(c4nc(C(F)(F)F)cn4C)(CC2)OC3)cc1. The van der Waals surface area contributed by atoms with Crippen LogP contribution in [0, 0.1) is 12.3 Å². The molecule has 164 valence electrons. The number of rotatable bonds is 5. The number of halogens is 3. The number of hydrogen-bond donors (Lipinski definition) is 0. The van der Waals surface area contributed by atoms with Crippen LogP contribution in [0.5, 0.6) is 0 Å². The van der Waals surface area contributed by atoms with Crippen molar-refractivity contribution in [2.45, 2.75) is 49.3 Å². The maximum atomic E-state index is 13.0. The molecule has 2 aromatic rings. The topological polar surface area (TPSA) is 70.4 Å². The second kappa shape index (κ2) is 7.06. The van der Waals surface area contributed by atoms with Crippen molar-refractivity contribution in [3.8, 4) is 0 Å². The molecule has 0 unspecified atom stereocenters. The monoisotopic (exact) mass is 444 g/mol. The van der Waals surface area contributed by atoms with E-state index in [2.05, 4.69) is 4.98 Å². The van der Waals surface area contributed by atoms with E-state index in [4.69, 9.17) is 8.92 Å². The van der Waals surface area contributed by atoms with Crippen LogP contribution in [0.15, 0.2) is 35.4 Å². The zero-order valence-electron chi connectivity index (χ0n) is 16.7. The van der Waals surface area contributed by atoms with E-state index >= 15 is 0 Å². The Hall–Kier alpha value is -1.91. The smallest absolute Gasteiger partial charge is 0.366 e. The molecule has 3 fully saturated rings. The van der Waals surface area contributed by atoms with Gasteiger partial charge in [-0.25, -0.2) is 4.98 Å². The standard InChI is InChI=1S/C20H23F3N2O4S/c1-14-3-5-15(6-4-14)30(26,27)29-13-18-7-9-19(10-8-18,28-12-18)17-24-16(11-25(17)2)20(21,22)23/h3-6,11H,7-10,12-13H2,1-2H3. The fourth-order valence-corrected chi connectivity index (χ4v) is 5.25. The van der Waals surface area contributed by atoms with Crippen LogP contribution in [-0.4, -0.2) is 31.2 Å². The summed E-state index contributed by atoms with van der Waals surface area (Å²) in [6.07, 6.45) is -1.44. The molecule has 1 saturated carbocycles. The Morgan fingerprint density at radius 1 is 1.17 bits per heavy atom. The third-order valence-electron chi connectivity index (χ3n) is 6.18. The Morgan fingerprint density at radius 3 is 2.30 bits per heavy atom. The third kappa shape index (κ3) is 3.76. The zero-order valence-corrected chi connectivity index (χ0v) is 17.5. The highest BCUT2D eigenvalue weighted by Gasteiger charge is 2.53. The number of fused-ring (bicyclic) bond motifs is 3. The minimum atomic E-state index is -4.52. The summed E-state index contributed by atoms with van der Waals surface area (Å²) >= 11 is 0. The summed E-state index contributed by atoms with van der Waals surface area (Å²) in [5, 5.41) is 0. The molecular formula is C20H23F3N2O4S. The maximum Gasteiger partial charge on any atom is 0.434 e. The van der Waals surface area contributed by atoms with Crippen LogP contribution in [0.25, 0.3) is 0 Å². The summed E-state index contributed by atoms with van der Waals surface area (Å²) in [5.41, 5.74) is -1.35. The molecule has 3 heterocycles. The number of aryl methyl sites for hydroxylation is 2. The number of hydrogen-bond acceptors (Lipinski definition) is 5. The molecule has 0 spiro atoms. The molecule has 2 aliphatic heterocycles. The number of aromatic nitrogens is 2. The Bertz CT molecular complexity index is 1020. The van der Waals surface area contributed by atoms with E-state index < -0.39 is 33.0 Å². The molecule has 1 aromatic heterocycles. The summed E-state index contributed by atoms with van der Waals surface area (Å²) < 4.78 is 76.8. The maximum absolute atomic E-state index is 13.0. The molecule has 0 amide bonds. The van der Waals surface area contributed by atoms with Gasteiger partial charge in [0.15, 0.2) is 5.69 Å². The van der Waals surface area contributed by atoms with Crippen LogP contribution in [0.4, 0.5) is 13.2 Å². The van der Waals surface area contributed by atoms with Gasteiger partial charge in [-0.05, 0) is 44.7 Å². The molecule has 1 aromatic carbocycles. The molecular weight excluding hydrogens is 421 g/mol. The quantitative estimate of drug-likeness (QED) is 0.654. The van der Waals surface area contributed by atoms with E-state index in [1.165, 1.54) is 23.7 Å². The normalized spacial score (nSPS) is 26.8. The molecule has 10 heteroatoms. The lowest BCUT2D eigenvalue weighted by Gasteiger charge is -2.52. The predicted molar refractivity (Wildman–Crippen MR) is 101 cm³/mol. The predicted octanol–water partition coefficient (Wildman–Crippen LogP) is 3.94. The van der Waals surface area contributed by atoms with Gasteiger partial charge in [0, 0.05) is 18.7 Å². The molecule has 30 heavy (non-hydrogen) atoms. The number of benzene rings is 1. The van der Waals surface area contributed by atoms with Crippen molar-refractivity contribution in [3.05, 3.63) is 47.5 Å². The average molecular weight is 444 g/mol. The van der Waals surface area contributed by atoms with E-state index in [-0.39, 0.29) is 23.9 Å². The summed E-state index contributed by atoms with van der Waals surface area (Å²) in [6.45, 7) is 2.06. The number of ether oxygens (including phenoxy) is 1. The van der Waals surface area contributed by atoms with Gasteiger partial charge < -0.3 is 9.30 Å². The average Bonchev–Trinajstić information content (AvgIpc) is 3.11. The van der Waals surface area contributed by atoms with Gasteiger partial charge in [0.2, 0.25) is 0 Å². The summed E-state index contributed by atoms with van der Waals surface area (Å²) in [5.74, 6) is 0.260. The fraction of sp³-hybridized carbons (Fsp3) is 0.550. The molecule has 2 saturated heterocycles. The lowest BCUT2D eigenvalue weighted by Crippen LogP contribution is -2.52. The fourth-order valence-electron chi connectivity index (χ4n) is 4.24. The van der Waals surface area contributed by atoms with Gasteiger partial charge in [0.1, 0.15) is 11.4 Å². The van der Waals surface area contributed by atoms with Crippen molar-refractivity contribution >= 4 is 10.1 Å². The summed E-state index contributed by atoms with van der Waals surface area (Å²) in [7, 11) is -2.36. The second-order valence-corrected chi connectivity index (χ2v) is 9.99. The van der Waals surface area contributed by atoms with Gasteiger partial charge >= 0.3 is 6.18 Å². The van der Waals surface area contributed by atoms with Crippen LogP contribution in [0.2, 0.25) is 0 Å². The lowest BCUT2D eigenvalue weighted by molar-refractivity contribution is -0.201. The van der Waals surface area contributed by atoms with E-state index in [0.29, 0.717) is 25.7 Å². The van der Waals surface area contributed by atoms with Crippen LogP contribution in [-0.2, 0) is 37.9 Å². The van der Waals surface area contributed by atoms with Crippen LogP contribution in [0.1, 0.15) is 42.8 Å². The Balaban J connectivity index is 1.46. The highest BCUT2D eigenvalue weighted by atomic mass is 32.2. The van der Waals surface area contributed by atoms with Gasteiger partial charge in [-0.2, -0.15) is 21.6 Å². The first-order valence-corrected chi connectivity index (χ1v) is 11.1. The Kier molecular flexibility index (Phi) is 5.02. The number of alkyl halides is 3. The molecule has 5 rings (SSSR count). The summed E-state index contributed by atoms with van der Waals surface area (Å²) in [6, 6.07) is 6.42. The minimum absolute atomic E-state index is 0.0202. The van der Waals surface area contributed by atoms with E-state index in [9.17, 15) is 21.6 Å².